The number of nitrogens with one attached hydrogen (secondary N) is 1. The predicted octanol–water partition coefficient (Wildman–Crippen LogP) is 3.49. The Morgan fingerprint density at radius 2 is 2.06 bits per heavy atom. The molecule has 98 valence electrons. The van der Waals surface area contributed by atoms with Crippen LogP contribution < -0.4 is 5.32 Å². The molecule has 0 saturated heterocycles. The summed E-state index contributed by atoms with van der Waals surface area (Å²) in [5.74, 6) is 1.99. The lowest BCUT2D eigenvalue weighted by molar-refractivity contribution is 0.121. The lowest BCUT2D eigenvalue weighted by Gasteiger charge is -2.39. The van der Waals surface area contributed by atoms with Crippen LogP contribution in [0.4, 0.5) is 0 Å². The molecule has 1 unspecified atom stereocenters. The van der Waals surface area contributed by atoms with Crippen LogP contribution in [-0.2, 0) is 4.74 Å². The van der Waals surface area contributed by atoms with Gasteiger partial charge in [0.15, 0.2) is 0 Å². The molecule has 0 aromatic heterocycles. The maximum Gasteiger partial charge on any atom is 0.110 e. The zero-order valence-electron chi connectivity index (χ0n) is 11.6. The second kappa shape index (κ2) is 5.43. The number of ether oxygens (including phenoxy) is 1. The molecule has 1 N–H and O–H groups in total. The van der Waals surface area contributed by atoms with Crippen molar-refractivity contribution in [3.05, 3.63) is 11.8 Å². The van der Waals surface area contributed by atoms with Crippen LogP contribution >= 0.6 is 0 Å². The molecule has 1 atom stereocenters. The third kappa shape index (κ3) is 2.67. The van der Waals surface area contributed by atoms with Gasteiger partial charge in [-0.3, -0.25) is 0 Å². The fraction of sp³-hybridized carbons (Fsp3) is 0.867. The predicted molar refractivity (Wildman–Crippen MR) is 71.9 cm³/mol. The van der Waals surface area contributed by atoms with Crippen molar-refractivity contribution in [1.29, 1.82) is 0 Å². The molecular weight excluding hydrogens is 210 g/mol. The molecule has 0 spiro atoms. The van der Waals surface area contributed by atoms with Gasteiger partial charge < -0.3 is 10.1 Å². The standard InChI is InChI=1S/C15H27NO/c1-12(2)11-15(8-4-5-9-15)14(16-3)13-7-6-10-17-13/h7,12,14,16H,4-6,8-11H2,1-3H3. The van der Waals surface area contributed by atoms with E-state index in [-0.39, 0.29) is 0 Å². The number of hydrogen-bond donors (Lipinski definition) is 1. The molecule has 0 bridgehead atoms. The lowest BCUT2D eigenvalue weighted by atomic mass is 9.72. The van der Waals surface area contributed by atoms with E-state index in [0.717, 1.165) is 18.9 Å². The molecule has 2 nitrogen and oxygen atoms in total. The highest BCUT2D eigenvalue weighted by Crippen LogP contribution is 2.48. The van der Waals surface area contributed by atoms with E-state index in [9.17, 15) is 0 Å². The van der Waals surface area contributed by atoms with E-state index in [4.69, 9.17) is 4.74 Å². The second-order valence-electron chi connectivity index (χ2n) is 6.13. The summed E-state index contributed by atoms with van der Waals surface area (Å²) in [4.78, 5) is 0. The summed E-state index contributed by atoms with van der Waals surface area (Å²) < 4.78 is 5.82. The molecule has 0 aromatic carbocycles. The van der Waals surface area contributed by atoms with Crippen LogP contribution in [-0.4, -0.2) is 19.7 Å². The Balaban J connectivity index is 2.17. The molecule has 2 aliphatic rings. The van der Waals surface area contributed by atoms with Gasteiger partial charge in [0, 0.05) is 6.42 Å². The fourth-order valence-corrected chi connectivity index (χ4v) is 3.89. The Kier molecular flexibility index (Phi) is 4.13. The zero-order chi connectivity index (χ0) is 12.3. The normalized spacial score (nSPS) is 24.8. The van der Waals surface area contributed by atoms with Gasteiger partial charge in [-0.1, -0.05) is 26.7 Å². The van der Waals surface area contributed by atoms with Gasteiger partial charge in [0.25, 0.3) is 0 Å². The van der Waals surface area contributed by atoms with Gasteiger partial charge in [-0.15, -0.1) is 0 Å². The SMILES string of the molecule is CNC(C1=CCCO1)C1(CC(C)C)CCCC1. The molecule has 0 amide bonds. The molecule has 1 heterocycles. The quantitative estimate of drug-likeness (QED) is 0.790. The van der Waals surface area contributed by atoms with Gasteiger partial charge >= 0.3 is 0 Å². The summed E-state index contributed by atoms with van der Waals surface area (Å²) in [5.41, 5.74) is 0.444. The maximum atomic E-state index is 5.82. The van der Waals surface area contributed by atoms with Gasteiger partial charge in [0.1, 0.15) is 5.76 Å². The first-order valence-corrected chi connectivity index (χ1v) is 7.18. The third-order valence-corrected chi connectivity index (χ3v) is 4.33. The van der Waals surface area contributed by atoms with E-state index in [1.54, 1.807) is 0 Å². The highest BCUT2D eigenvalue weighted by Gasteiger charge is 2.43. The van der Waals surface area contributed by atoms with Gasteiger partial charge in [-0.2, -0.15) is 0 Å². The first kappa shape index (κ1) is 12.9. The first-order chi connectivity index (χ1) is 8.18. The number of likely N-dealkylation sites (N-methyl/N-ethyl adjacent to an activating group) is 1. The average molecular weight is 237 g/mol. The molecule has 1 fully saturated rings. The smallest absolute Gasteiger partial charge is 0.110 e. The van der Waals surface area contributed by atoms with Crippen molar-refractivity contribution in [2.75, 3.05) is 13.7 Å². The minimum atomic E-state index is 0.440. The Morgan fingerprint density at radius 3 is 2.53 bits per heavy atom. The van der Waals surface area contributed by atoms with Crippen molar-refractivity contribution in [1.82, 2.24) is 5.32 Å². The maximum absolute atomic E-state index is 5.82. The van der Waals surface area contributed by atoms with Crippen molar-refractivity contribution < 1.29 is 4.74 Å². The Morgan fingerprint density at radius 1 is 1.35 bits per heavy atom. The van der Waals surface area contributed by atoms with Crippen LogP contribution in [0, 0.1) is 11.3 Å². The lowest BCUT2D eigenvalue weighted by Crippen LogP contribution is -2.44. The van der Waals surface area contributed by atoms with Crippen molar-refractivity contribution in [2.45, 2.75) is 58.4 Å². The van der Waals surface area contributed by atoms with Crippen molar-refractivity contribution >= 4 is 0 Å². The fourth-order valence-electron chi connectivity index (χ4n) is 3.89. The summed E-state index contributed by atoms with van der Waals surface area (Å²) >= 11 is 0. The summed E-state index contributed by atoms with van der Waals surface area (Å²) in [6, 6.07) is 0.440. The second-order valence-corrected chi connectivity index (χ2v) is 6.13. The van der Waals surface area contributed by atoms with Gasteiger partial charge in [-0.05, 0) is 43.7 Å². The highest BCUT2D eigenvalue weighted by atomic mass is 16.5. The van der Waals surface area contributed by atoms with Crippen molar-refractivity contribution in [2.24, 2.45) is 11.3 Å². The molecule has 0 aromatic rings. The van der Waals surface area contributed by atoms with E-state index < -0.39 is 0 Å². The summed E-state index contributed by atoms with van der Waals surface area (Å²) in [6.07, 6.45) is 10.2. The highest BCUT2D eigenvalue weighted by molar-refractivity contribution is 5.14. The topological polar surface area (TPSA) is 21.3 Å². The molecule has 1 saturated carbocycles. The Hall–Kier alpha value is -0.500. The zero-order valence-corrected chi connectivity index (χ0v) is 11.6. The van der Waals surface area contributed by atoms with Gasteiger partial charge in [-0.25, -0.2) is 0 Å². The summed E-state index contributed by atoms with van der Waals surface area (Å²) in [7, 11) is 2.09. The van der Waals surface area contributed by atoms with E-state index in [0.29, 0.717) is 11.5 Å². The monoisotopic (exact) mass is 237 g/mol. The molecule has 2 heteroatoms. The molecular formula is C15H27NO. The minimum Gasteiger partial charge on any atom is -0.496 e. The van der Waals surface area contributed by atoms with Crippen LogP contribution in [0.25, 0.3) is 0 Å². The van der Waals surface area contributed by atoms with Crippen molar-refractivity contribution in [3.63, 3.8) is 0 Å². The van der Waals surface area contributed by atoms with E-state index in [1.807, 2.05) is 0 Å². The van der Waals surface area contributed by atoms with Gasteiger partial charge in [0.2, 0.25) is 0 Å². The Labute approximate surface area is 106 Å². The molecule has 2 rings (SSSR count). The van der Waals surface area contributed by atoms with Gasteiger partial charge in [0.05, 0.1) is 12.6 Å². The minimum absolute atomic E-state index is 0.440. The van der Waals surface area contributed by atoms with Crippen LogP contribution in [0.3, 0.4) is 0 Å². The largest absolute Gasteiger partial charge is 0.496 e. The van der Waals surface area contributed by atoms with Crippen LogP contribution in [0.1, 0.15) is 52.4 Å². The van der Waals surface area contributed by atoms with E-state index in [2.05, 4.69) is 32.3 Å². The number of rotatable bonds is 5. The molecule has 17 heavy (non-hydrogen) atoms. The van der Waals surface area contributed by atoms with Crippen LogP contribution in [0.15, 0.2) is 11.8 Å². The first-order valence-electron chi connectivity index (χ1n) is 7.18. The van der Waals surface area contributed by atoms with Crippen LogP contribution in [0.5, 0.6) is 0 Å². The van der Waals surface area contributed by atoms with Crippen LogP contribution in [0.2, 0.25) is 0 Å². The van der Waals surface area contributed by atoms with E-state index >= 15 is 0 Å². The van der Waals surface area contributed by atoms with Crippen molar-refractivity contribution in [3.8, 4) is 0 Å². The van der Waals surface area contributed by atoms with E-state index in [1.165, 1.54) is 37.9 Å². The molecule has 0 radical (unpaired) electrons. The molecule has 1 aliphatic heterocycles. The molecule has 1 aliphatic carbocycles. The number of hydrogen-bond acceptors (Lipinski definition) is 2. The Bertz CT molecular complexity index is 277. The summed E-state index contributed by atoms with van der Waals surface area (Å²) in [6.45, 7) is 5.57. The summed E-state index contributed by atoms with van der Waals surface area (Å²) in [5, 5.41) is 3.54. The average Bonchev–Trinajstić information content (AvgIpc) is 2.90. The third-order valence-electron chi connectivity index (χ3n) is 4.33.